The second kappa shape index (κ2) is 6.82. The van der Waals surface area contributed by atoms with Crippen LogP contribution in [0.25, 0.3) is 22.0 Å². The van der Waals surface area contributed by atoms with Gasteiger partial charge in [0.15, 0.2) is 5.69 Å². The molecule has 5 nitrogen and oxygen atoms in total. The van der Waals surface area contributed by atoms with E-state index in [1.165, 1.54) is 16.0 Å². The maximum atomic E-state index is 3.91. The number of thiophene rings is 1. The number of hydrogen-bond donors (Lipinski definition) is 0. The minimum absolute atomic E-state index is 0.525. The first-order valence-corrected chi connectivity index (χ1v) is 7.57. The van der Waals surface area contributed by atoms with E-state index < -0.39 is 0 Å². The number of fused-ring (bicyclic) bond motifs is 1. The Morgan fingerprint density at radius 2 is 1.86 bits per heavy atom. The van der Waals surface area contributed by atoms with Crippen LogP contribution >= 0.6 is 11.3 Å². The summed E-state index contributed by atoms with van der Waals surface area (Å²) in [6.07, 6.45) is 4.70. The third-order valence-corrected chi connectivity index (χ3v) is 3.90. The van der Waals surface area contributed by atoms with Crippen molar-refractivity contribution in [1.29, 1.82) is 0 Å². The zero-order valence-corrected chi connectivity index (χ0v) is 12.7. The highest BCUT2D eigenvalue weighted by molar-refractivity contribution is 7.13. The number of aryl methyl sites for hydroxylation is 1. The van der Waals surface area contributed by atoms with Gasteiger partial charge in [-0.25, -0.2) is 4.98 Å². The Balaban J connectivity index is 0.000000133. The minimum atomic E-state index is 0.525. The molecule has 0 atom stereocenters. The molecule has 4 rings (SSSR count). The summed E-state index contributed by atoms with van der Waals surface area (Å²) in [6.45, 7) is 2.15. The molecule has 0 bridgehead atoms. The highest BCUT2D eigenvalue weighted by atomic mass is 32.1. The van der Waals surface area contributed by atoms with Crippen LogP contribution in [0.3, 0.4) is 0 Å². The van der Waals surface area contributed by atoms with Crippen LogP contribution in [0.2, 0.25) is 0 Å². The molecule has 1 aromatic carbocycles. The van der Waals surface area contributed by atoms with Gasteiger partial charge in [-0.3, -0.25) is 4.98 Å². The molecule has 0 unspecified atom stereocenters. The first-order chi connectivity index (χ1) is 10.8. The molecule has 0 amide bonds. The molecular formula is C16H13N5S. The lowest BCUT2D eigenvalue weighted by Gasteiger charge is -2.00. The van der Waals surface area contributed by atoms with E-state index in [1.807, 2.05) is 0 Å². The van der Waals surface area contributed by atoms with Gasteiger partial charge in [-0.1, -0.05) is 30.3 Å². The van der Waals surface area contributed by atoms with Crippen LogP contribution in [-0.4, -0.2) is 25.4 Å². The Labute approximate surface area is 132 Å². The summed E-state index contributed by atoms with van der Waals surface area (Å²) in [5.41, 5.74) is 3.32. The van der Waals surface area contributed by atoms with Gasteiger partial charge in [0.05, 0.1) is 6.20 Å². The van der Waals surface area contributed by atoms with Gasteiger partial charge in [0.25, 0.3) is 0 Å². The van der Waals surface area contributed by atoms with E-state index in [9.17, 15) is 0 Å². The maximum absolute atomic E-state index is 3.91. The van der Waals surface area contributed by atoms with Crippen LogP contribution in [-0.2, 0) is 0 Å². The SMILES string of the molecule is Cc1ccccc1-c1cccs1.c1cnc2nnnc-2cn1. The average Bonchev–Trinajstić information content (AvgIpc) is 3.17. The molecule has 2 aromatic rings. The number of benzene rings is 1. The molecule has 2 aliphatic heterocycles. The highest BCUT2D eigenvalue weighted by Crippen LogP contribution is 2.26. The normalized spacial score (nSPS) is 10.0. The van der Waals surface area contributed by atoms with Crippen LogP contribution in [0.4, 0.5) is 0 Å². The smallest absolute Gasteiger partial charge is 0.205 e. The van der Waals surface area contributed by atoms with Gasteiger partial charge >= 0.3 is 0 Å². The number of aromatic nitrogens is 5. The fraction of sp³-hybridized carbons (Fsp3) is 0.0625. The molecule has 3 heterocycles. The topological polar surface area (TPSA) is 64.5 Å². The molecule has 6 heteroatoms. The molecule has 0 saturated carbocycles. The summed E-state index contributed by atoms with van der Waals surface area (Å²) in [4.78, 5) is 9.10. The van der Waals surface area contributed by atoms with E-state index in [0.29, 0.717) is 11.5 Å². The maximum Gasteiger partial charge on any atom is 0.205 e. The van der Waals surface area contributed by atoms with Gasteiger partial charge in [-0.15, -0.1) is 21.5 Å². The standard InChI is InChI=1S/C11H10S.C5H3N5/c1-9-5-2-3-6-10(9)11-7-4-8-12-11;1-2-7-5-4(3-6-1)8-10-9-5/h2-8H,1H3;1-3H. The fourth-order valence-corrected chi connectivity index (χ4v) is 2.74. The molecule has 0 spiro atoms. The van der Waals surface area contributed by atoms with Crippen molar-refractivity contribution >= 4 is 11.3 Å². The highest BCUT2D eigenvalue weighted by Gasteiger charge is 2.03. The van der Waals surface area contributed by atoms with Crippen LogP contribution in [0, 0.1) is 6.92 Å². The minimum Gasteiger partial charge on any atom is -0.261 e. The average molecular weight is 307 g/mol. The Kier molecular flexibility index (Phi) is 4.41. The molecule has 0 N–H and O–H groups in total. The van der Waals surface area contributed by atoms with Gasteiger partial charge in [-0.2, -0.15) is 0 Å². The monoisotopic (exact) mass is 307 g/mol. The molecule has 0 fully saturated rings. The predicted molar refractivity (Wildman–Crippen MR) is 86.5 cm³/mol. The van der Waals surface area contributed by atoms with Crippen molar-refractivity contribution in [2.45, 2.75) is 6.92 Å². The van der Waals surface area contributed by atoms with Crippen LogP contribution in [0.15, 0.2) is 60.4 Å². The zero-order valence-electron chi connectivity index (χ0n) is 11.9. The molecule has 108 valence electrons. The zero-order chi connectivity index (χ0) is 15.2. The summed E-state index contributed by atoms with van der Waals surface area (Å²) in [7, 11) is 0. The lowest BCUT2D eigenvalue weighted by Crippen LogP contribution is -1.76. The van der Waals surface area contributed by atoms with Crippen molar-refractivity contribution in [2.75, 3.05) is 0 Å². The molecule has 0 radical (unpaired) electrons. The van der Waals surface area contributed by atoms with Crippen LogP contribution in [0.5, 0.6) is 0 Å². The summed E-state index contributed by atoms with van der Waals surface area (Å²) >= 11 is 1.79. The van der Waals surface area contributed by atoms with E-state index >= 15 is 0 Å². The summed E-state index contributed by atoms with van der Waals surface area (Å²) < 4.78 is 0. The number of rotatable bonds is 1. The second-order valence-electron chi connectivity index (χ2n) is 4.50. The van der Waals surface area contributed by atoms with Crippen molar-refractivity contribution in [1.82, 2.24) is 25.4 Å². The molecule has 2 aliphatic rings. The largest absolute Gasteiger partial charge is 0.261 e. The molecule has 0 aliphatic carbocycles. The quantitative estimate of drug-likeness (QED) is 0.538. The van der Waals surface area contributed by atoms with E-state index in [1.54, 1.807) is 29.9 Å². The lowest BCUT2D eigenvalue weighted by molar-refractivity contribution is 0.944. The summed E-state index contributed by atoms with van der Waals surface area (Å²) in [5.74, 6) is 0.525. The van der Waals surface area contributed by atoms with Gasteiger partial charge in [0.2, 0.25) is 5.82 Å². The first-order valence-electron chi connectivity index (χ1n) is 6.69. The number of nitrogens with zero attached hydrogens (tertiary/aromatic N) is 5. The van der Waals surface area contributed by atoms with E-state index in [-0.39, 0.29) is 0 Å². The molecule has 22 heavy (non-hydrogen) atoms. The van der Waals surface area contributed by atoms with Crippen molar-refractivity contribution < 1.29 is 0 Å². The molecule has 0 saturated heterocycles. The molecule has 1 aromatic heterocycles. The van der Waals surface area contributed by atoms with E-state index in [2.05, 4.69) is 74.1 Å². The van der Waals surface area contributed by atoms with Crippen LogP contribution < -0.4 is 0 Å². The Morgan fingerprint density at radius 3 is 2.68 bits per heavy atom. The Hall–Kier alpha value is -2.73. The van der Waals surface area contributed by atoms with Crippen molar-refractivity contribution in [3.8, 4) is 22.0 Å². The van der Waals surface area contributed by atoms with Gasteiger partial charge in [0.1, 0.15) is 0 Å². The third-order valence-electron chi connectivity index (χ3n) is 3.00. The van der Waals surface area contributed by atoms with E-state index in [0.717, 1.165) is 0 Å². The summed E-state index contributed by atoms with van der Waals surface area (Å²) in [5, 5.41) is 12.9. The Bertz CT molecular complexity index is 788. The number of hydrogen-bond acceptors (Lipinski definition) is 6. The Morgan fingerprint density at radius 1 is 0.955 bits per heavy atom. The summed E-state index contributed by atoms with van der Waals surface area (Å²) in [6, 6.07) is 12.7. The first kappa shape index (κ1) is 14.2. The molecular weight excluding hydrogens is 294 g/mol. The second-order valence-corrected chi connectivity index (χ2v) is 5.44. The van der Waals surface area contributed by atoms with E-state index in [4.69, 9.17) is 0 Å². The lowest BCUT2D eigenvalue weighted by atomic mass is 10.1. The third kappa shape index (κ3) is 3.29. The predicted octanol–water partition coefficient (Wildman–Crippen LogP) is 3.49. The van der Waals surface area contributed by atoms with Crippen molar-refractivity contribution in [3.05, 3.63) is 65.9 Å². The van der Waals surface area contributed by atoms with Crippen molar-refractivity contribution in [2.24, 2.45) is 0 Å². The van der Waals surface area contributed by atoms with Crippen LogP contribution in [0.1, 0.15) is 5.56 Å². The van der Waals surface area contributed by atoms with Gasteiger partial charge in [0, 0.05) is 17.3 Å². The van der Waals surface area contributed by atoms with Gasteiger partial charge in [-0.05, 0) is 34.7 Å². The van der Waals surface area contributed by atoms with Crippen molar-refractivity contribution in [3.63, 3.8) is 0 Å². The fourth-order valence-electron chi connectivity index (χ4n) is 1.92. The van der Waals surface area contributed by atoms with Gasteiger partial charge < -0.3 is 0 Å².